The molecule has 0 aliphatic carbocycles. The van der Waals surface area contributed by atoms with Crippen LogP contribution in [0.2, 0.25) is 0 Å². The molecule has 35 heavy (non-hydrogen) atoms. The van der Waals surface area contributed by atoms with Gasteiger partial charge in [0.25, 0.3) is 0 Å². The molecule has 0 unspecified atom stereocenters. The first-order valence-corrected chi connectivity index (χ1v) is 11.7. The van der Waals surface area contributed by atoms with Gasteiger partial charge < -0.3 is 20.3 Å². The minimum absolute atomic E-state index is 0.117. The summed E-state index contributed by atoms with van der Waals surface area (Å²) in [7, 11) is 1.56. The van der Waals surface area contributed by atoms with Crippen molar-refractivity contribution in [1.82, 2.24) is 20.0 Å². The quantitative estimate of drug-likeness (QED) is 0.482. The van der Waals surface area contributed by atoms with Crippen LogP contribution in [0, 0.1) is 6.92 Å². The largest absolute Gasteiger partial charge is 0.383 e. The van der Waals surface area contributed by atoms with Crippen LogP contribution in [0.15, 0.2) is 60.7 Å². The number of amides is 3. The van der Waals surface area contributed by atoms with Crippen molar-refractivity contribution in [2.24, 2.45) is 0 Å². The summed E-state index contributed by atoms with van der Waals surface area (Å²) in [5.41, 5.74) is 3.58. The van der Waals surface area contributed by atoms with E-state index in [0.29, 0.717) is 19.0 Å². The van der Waals surface area contributed by atoms with Crippen LogP contribution in [0.25, 0.3) is 5.69 Å². The lowest BCUT2D eigenvalue weighted by atomic mass is 9.92. The van der Waals surface area contributed by atoms with Crippen molar-refractivity contribution in [3.63, 3.8) is 0 Å². The molecule has 1 aromatic heterocycles. The number of aryl methyl sites for hydroxylation is 1. The van der Waals surface area contributed by atoms with Crippen LogP contribution in [-0.2, 0) is 21.5 Å². The summed E-state index contributed by atoms with van der Waals surface area (Å²) in [6, 6.07) is 19.1. The van der Waals surface area contributed by atoms with Crippen LogP contribution in [-0.4, -0.2) is 53.4 Å². The number of nitrogens with zero attached hydrogens (tertiary/aromatic N) is 3. The zero-order chi connectivity index (χ0) is 25.4. The van der Waals surface area contributed by atoms with Gasteiger partial charge in [-0.15, -0.1) is 0 Å². The number of methoxy groups -OCH3 is 1. The second-order valence-corrected chi connectivity index (χ2v) is 9.52. The number of carbonyl (C=O) groups excluding carboxylic acids is 2. The molecule has 0 saturated heterocycles. The number of urea groups is 1. The lowest BCUT2D eigenvalue weighted by Gasteiger charge is -2.22. The number of benzene rings is 2. The summed E-state index contributed by atoms with van der Waals surface area (Å²) in [5.74, 6) is 0.243. The molecule has 3 aromatic rings. The number of aromatic nitrogens is 2. The first kappa shape index (κ1) is 26.0. The molecule has 2 aromatic carbocycles. The molecule has 3 rings (SSSR count). The Balaban J connectivity index is 1.76. The fourth-order valence-corrected chi connectivity index (χ4v) is 3.49. The Morgan fingerprint density at radius 1 is 1.06 bits per heavy atom. The summed E-state index contributed by atoms with van der Waals surface area (Å²) in [6.45, 7) is 9.10. The van der Waals surface area contributed by atoms with Crippen molar-refractivity contribution < 1.29 is 14.3 Å². The van der Waals surface area contributed by atoms with E-state index in [1.165, 1.54) is 4.90 Å². The van der Waals surface area contributed by atoms with Gasteiger partial charge in [-0.3, -0.25) is 4.79 Å². The highest BCUT2D eigenvalue weighted by Crippen LogP contribution is 2.26. The predicted molar refractivity (Wildman–Crippen MR) is 138 cm³/mol. The molecule has 0 spiro atoms. The molecule has 0 atom stereocenters. The number of hydrogen-bond acceptors (Lipinski definition) is 4. The average Bonchev–Trinajstić information content (AvgIpc) is 3.25. The van der Waals surface area contributed by atoms with Gasteiger partial charge in [0.05, 0.1) is 18.0 Å². The number of carbonyl (C=O) groups is 2. The van der Waals surface area contributed by atoms with Crippen LogP contribution in [0.3, 0.4) is 0 Å². The monoisotopic (exact) mass is 477 g/mol. The molecule has 186 valence electrons. The number of rotatable bonds is 9. The summed E-state index contributed by atoms with van der Waals surface area (Å²) in [4.78, 5) is 27.3. The molecule has 8 heteroatoms. The van der Waals surface area contributed by atoms with E-state index >= 15 is 0 Å². The van der Waals surface area contributed by atoms with Gasteiger partial charge in [-0.25, -0.2) is 9.48 Å². The molecule has 3 amide bonds. The van der Waals surface area contributed by atoms with E-state index in [0.717, 1.165) is 22.5 Å². The van der Waals surface area contributed by atoms with Crippen molar-refractivity contribution in [2.45, 2.75) is 39.7 Å². The van der Waals surface area contributed by atoms with Gasteiger partial charge in [-0.1, -0.05) is 63.2 Å². The van der Waals surface area contributed by atoms with Crippen molar-refractivity contribution in [3.8, 4) is 5.69 Å². The zero-order valence-corrected chi connectivity index (χ0v) is 21.2. The van der Waals surface area contributed by atoms with E-state index in [1.807, 2.05) is 67.6 Å². The fourth-order valence-electron chi connectivity index (χ4n) is 3.49. The number of ether oxygens (including phenoxy) is 1. The second-order valence-electron chi connectivity index (χ2n) is 9.52. The first-order valence-electron chi connectivity index (χ1n) is 11.7. The fraction of sp³-hybridized carbons (Fsp3) is 0.370. The number of nitrogens with one attached hydrogen (secondary N) is 2. The Morgan fingerprint density at radius 2 is 1.80 bits per heavy atom. The third-order valence-corrected chi connectivity index (χ3v) is 5.47. The SMILES string of the molecule is COCCN(CC(=O)Nc1cc(C(C)(C)C)nn1-c1cccc(C)c1)C(=O)NCc1ccccc1. The first-order chi connectivity index (χ1) is 16.7. The zero-order valence-electron chi connectivity index (χ0n) is 21.2. The highest BCUT2D eigenvalue weighted by molar-refractivity contribution is 5.94. The third-order valence-electron chi connectivity index (χ3n) is 5.47. The topological polar surface area (TPSA) is 88.5 Å². The van der Waals surface area contributed by atoms with E-state index < -0.39 is 0 Å². The van der Waals surface area contributed by atoms with Crippen molar-refractivity contribution in [2.75, 3.05) is 32.1 Å². The standard InChI is InChI=1S/C27H35N5O3/c1-20-10-9-13-22(16-20)32-24(17-23(30-32)27(2,3)4)29-25(33)19-31(14-15-35-5)26(34)28-18-21-11-7-6-8-12-21/h6-13,16-17H,14-15,18-19H2,1-5H3,(H,28,34)(H,29,33). The van der Waals surface area contributed by atoms with Crippen molar-refractivity contribution in [1.29, 1.82) is 0 Å². The van der Waals surface area contributed by atoms with Crippen molar-refractivity contribution >= 4 is 17.8 Å². The summed E-state index contributed by atoms with van der Waals surface area (Å²) in [6.07, 6.45) is 0. The normalized spacial score (nSPS) is 11.2. The number of hydrogen-bond donors (Lipinski definition) is 2. The Morgan fingerprint density at radius 3 is 2.46 bits per heavy atom. The second kappa shape index (κ2) is 11.7. The predicted octanol–water partition coefficient (Wildman–Crippen LogP) is 4.27. The minimum Gasteiger partial charge on any atom is -0.383 e. The lowest BCUT2D eigenvalue weighted by molar-refractivity contribution is -0.116. The highest BCUT2D eigenvalue weighted by atomic mass is 16.5. The maximum atomic E-state index is 13.1. The molecular formula is C27H35N5O3. The molecule has 8 nitrogen and oxygen atoms in total. The lowest BCUT2D eigenvalue weighted by Crippen LogP contribution is -2.45. The van der Waals surface area contributed by atoms with Gasteiger partial charge >= 0.3 is 6.03 Å². The Kier molecular flexibility index (Phi) is 8.65. The van der Waals surface area contributed by atoms with Gasteiger partial charge in [0, 0.05) is 31.7 Å². The third kappa shape index (κ3) is 7.42. The van der Waals surface area contributed by atoms with Crippen LogP contribution >= 0.6 is 0 Å². The van der Waals surface area contributed by atoms with Gasteiger partial charge in [-0.2, -0.15) is 5.10 Å². The number of anilines is 1. The Hall–Kier alpha value is -3.65. The Labute approximate surface area is 207 Å². The van der Waals surface area contributed by atoms with Gasteiger partial charge in [0.2, 0.25) is 5.91 Å². The summed E-state index contributed by atoms with van der Waals surface area (Å²) < 4.78 is 6.88. The molecule has 0 bridgehead atoms. The van der Waals surface area contributed by atoms with Crippen molar-refractivity contribution in [3.05, 3.63) is 77.5 Å². The molecule has 0 radical (unpaired) electrons. The molecule has 1 heterocycles. The molecular weight excluding hydrogens is 442 g/mol. The van der Waals surface area contributed by atoms with Gasteiger partial charge in [0.1, 0.15) is 12.4 Å². The van der Waals surface area contributed by atoms with E-state index in [4.69, 9.17) is 9.84 Å². The van der Waals surface area contributed by atoms with E-state index in [9.17, 15) is 9.59 Å². The molecule has 0 aliphatic heterocycles. The maximum absolute atomic E-state index is 13.1. The van der Waals surface area contributed by atoms with Crippen LogP contribution in [0.1, 0.15) is 37.6 Å². The smallest absolute Gasteiger partial charge is 0.318 e. The molecule has 2 N–H and O–H groups in total. The van der Waals surface area contributed by atoms with E-state index in [1.54, 1.807) is 11.8 Å². The van der Waals surface area contributed by atoms with Crippen LogP contribution in [0.5, 0.6) is 0 Å². The molecule has 0 fully saturated rings. The molecule has 0 aliphatic rings. The summed E-state index contributed by atoms with van der Waals surface area (Å²) >= 11 is 0. The molecule has 0 saturated carbocycles. The van der Waals surface area contributed by atoms with Crippen LogP contribution in [0.4, 0.5) is 10.6 Å². The minimum atomic E-state index is -0.330. The average molecular weight is 478 g/mol. The van der Waals surface area contributed by atoms with E-state index in [2.05, 4.69) is 31.4 Å². The summed E-state index contributed by atoms with van der Waals surface area (Å²) in [5, 5.41) is 10.6. The van der Waals surface area contributed by atoms with Crippen LogP contribution < -0.4 is 10.6 Å². The highest BCUT2D eigenvalue weighted by Gasteiger charge is 2.23. The Bertz CT molecular complexity index is 1140. The van der Waals surface area contributed by atoms with Gasteiger partial charge in [-0.05, 0) is 30.2 Å². The van der Waals surface area contributed by atoms with Gasteiger partial charge in [0.15, 0.2) is 0 Å². The van der Waals surface area contributed by atoms with E-state index in [-0.39, 0.29) is 30.4 Å². The maximum Gasteiger partial charge on any atom is 0.318 e.